The molecule has 0 N–H and O–H groups in total. The Labute approximate surface area is 135 Å². The van der Waals surface area contributed by atoms with Gasteiger partial charge < -0.3 is 9.15 Å². The van der Waals surface area contributed by atoms with E-state index in [1.54, 1.807) is 13.2 Å². The minimum atomic E-state index is 0.517. The fourth-order valence-electron chi connectivity index (χ4n) is 2.25. The van der Waals surface area contributed by atoms with Crippen LogP contribution in [0.2, 0.25) is 0 Å². The molecule has 0 atom stereocenters. The number of nitrogens with zero attached hydrogens (tertiary/aromatic N) is 1. The maximum atomic E-state index is 9.29. The number of nitriles is 1. The van der Waals surface area contributed by atoms with E-state index in [4.69, 9.17) is 9.15 Å². The summed E-state index contributed by atoms with van der Waals surface area (Å²) < 4.78 is 11.0. The average molecular weight is 301 g/mol. The Hall–Kier alpha value is -3.25. The predicted octanol–water partition coefficient (Wildman–Crippen LogP) is 5.00. The van der Waals surface area contributed by atoms with E-state index in [9.17, 15) is 5.26 Å². The van der Waals surface area contributed by atoms with Crippen LogP contribution in [0.3, 0.4) is 0 Å². The van der Waals surface area contributed by atoms with Gasteiger partial charge in [0.15, 0.2) is 0 Å². The van der Waals surface area contributed by atoms with Crippen LogP contribution in [0.1, 0.15) is 16.9 Å². The lowest BCUT2D eigenvalue weighted by atomic mass is 10.1. The lowest BCUT2D eigenvalue weighted by Gasteiger charge is -2.00. The van der Waals surface area contributed by atoms with Crippen molar-refractivity contribution in [1.29, 1.82) is 5.26 Å². The molecule has 0 bridgehead atoms. The van der Waals surface area contributed by atoms with E-state index in [1.165, 1.54) is 0 Å². The quantitative estimate of drug-likeness (QED) is 0.681. The number of hydrogen-bond donors (Lipinski definition) is 0. The van der Waals surface area contributed by atoms with Gasteiger partial charge in [-0.05, 0) is 35.9 Å². The molecule has 2 aromatic carbocycles. The maximum Gasteiger partial charge on any atom is 0.145 e. The summed E-state index contributed by atoms with van der Waals surface area (Å²) in [7, 11) is 1.63. The molecule has 112 valence electrons. The molecule has 0 spiro atoms. The van der Waals surface area contributed by atoms with Crippen LogP contribution in [0.25, 0.3) is 23.5 Å². The van der Waals surface area contributed by atoms with E-state index in [0.717, 1.165) is 16.9 Å². The van der Waals surface area contributed by atoms with E-state index in [2.05, 4.69) is 6.07 Å². The Balaban J connectivity index is 1.91. The van der Waals surface area contributed by atoms with Crippen molar-refractivity contribution in [3.8, 4) is 23.1 Å². The van der Waals surface area contributed by atoms with Crippen molar-refractivity contribution in [3.63, 3.8) is 0 Å². The zero-order valence-corrected chi connectivity index (χ0v) is 12.7. The summed E-state index contributed by atoms with van der Waals surface area (Å²) in [5.41, 5.74) is 2.48. The number of ether oxygens (including phenoxy) is 1. The van der Waals surface area contributed by atoms with Crippen molar-refractivity contribution >= 4 is 12.2 Å². The minimum Gasteiger partial charge on any atom is -0.497 e. The molecule has 0 fully saturated rings. The van der Waals surface area contributed by atoms with Crippen LogP contribution in [0.15, 0.2) is 65.1 Å². The van der Waals surface area contributed by atoms with Crippen molar-refractivity contribution in [2.75, 3.05) is 7.11 Å². The van der Waals surface area contributed by atoms with E-state index < -0.39 is 0 Å². The Morgan fingerprint density at radius 3 is 2.39 bits per heavy atom. The number of furan rings is 1. The molecule has 1 heterocycles. The first-order chi connectivity index (χ1) is 11.3. The van der Waals surface area contributed by atoms with E-state index in [1.807, 2.05) is 66.7 Å². The van der Waals surface area contributed by atoms with Crippen LogP contribution in [0.5, 0.6) is 5.75 Å². The predicted molar refractivity (Wildman–Crippen MR) is 90.8 cm³/mol. The van der Waals surface area contributed by atoms with Gasteiger partial charge in [-0.3, -0.25) is 0 Å². The Bertz CT molecular complexity index is 853. The monoisotopic (exact) mass is 301 g/mol. The fraction of sp³-hybridized carbons (Fsp3) is 0.0500. The van der Waals surface area contributed by atoms with Gasteiger partial charge in [0.25, 0.3) is 0 Å². The maximum absolute atomic E-state index is 9.29. The lowest BCUT2D eigenvalue weighted by molar-refractivity contribution is 0.415. The first kappa shape index (κ1) is 14.7. The highest BCUT2D eigenvalue weighted by atomic mass is 16.5. The normalized spacial score (nSPS) is 10.6. The molecule has 3 aromatic rings. The molecule has 1 aromatic heterocycles. The Morgan fingerprint density at radius 1 is 1.00 bits per heavy atom. The second-order valence-electron chi connectivity index (χ2n) is 4.97. The van der Waals surface area contributed by atoms with Crippen LogP contribution in [0.4, 0.5) is 0 Å². The third-order valence-corrected chi connectivity index (χ3v) is 3.48. The standard InChI is InChI=1S/C20H15NO2/c1-22-18-10-8-16(9-11-18)20-13-17(14-21)19(23-20)12-7-15-5-3-2-4-6-15/h2-13H,1H3/b12-7+. The molecule has 23 heavy (non-hydrogen) atoms. The molecule has 0 aliphatic carbocycles. The molecule has 0 radical (unpaired) electrons. The van der Waals surface area contributed by atoms with Crippen LogP contribution in [-0.4, -0.2) is 7.11 Å². The molecule has 0 aliphatic heterocycles. The molecule has 3 rings (SSSR count). The van der Waals surface area contributed by atoms with Gasteiger partial charge in [-0.25, -0.2) is 0 Å². The summed E-state index contributed by atoms with van der Waals surface area (Å²) in [6, 6.07) is 21.4. The van der Waals surface area contributed by atoms with Gasteiger partial charge in [0.2, 0.25) is 0 Å². The summed E-state index contributed by atoms with van der Waals surface area (Å²) in [5, 5.41) is 9.29. The first-order valence-electron chi connectivity index (χ1n) is 7.21. The van der Waals surface area contributed by atoms with Gasteiger partial charge >= 0.3 is 0 Å². The summed E-state index contributed by atoms with van der Waals surface area (Å²) in [6.07, 6.45) is 3.75. The highest BCUT2D eigenvalue weighted by molar-refractivity contribution is 5.72. The first-order valence-corrected chi connectivity index (χ1v) is 7.21. The fourth-order valence-corrected chi connectivity index (χ4v) is 2.25. The van der Waals surface area contributed by atoms with Crippen LogP contribution in [0, 0.1) is 11.3 Å². The molecule has 0 saturated heterocycles. The van der Waals surface area contributed by atoms with Crippen molar-refractivity contribution in [2.45, 2.75) is 0 Å². The molecular weight excluding hydrogens is 286 g/mol. The second-order valence-corrected chi connectivity index (χ2v) is 4.97. The van der Waals surface area contributed by atoms with Crippen LogP contribution >= 0.6 is 0 Å². The van der Waals surface area contributed by atoms with Crippen molar-refractivity contribution in [1.82, 2.24) is 0 Å². The Morgan fingerprint density at radius 2 is 1.74 bits per heavy atom. The summed E-state index contributed by atoms with van der Waals surface area (Å²) in [4.78, 5) is 0. The molecule has 0 unspecified atom stereocenters. The van der Waals surface area contributed by atoms with Crippen LogP contribution < -0.4 is 4.74 Å². The molecule has 0 saturated carbocycles. The highest BCUT2D eigenvalue weighted by Gasteiger charge is 2.10. The van der Waals surface area contributed by atoms with Gasteiger partial charge in [-0.1, -0.05) is 36.4 Å². The third kappa shape index (κ3) is 3.33. The van der Waals surface area contributed by atoms with Crippen molar-refractivity contribution in [3.05, 3.63) is 77.6 Å². The molecule has 3 heteroatoms. The lowest BCUT2D eigenvalue weighted by Crippen LogP contribution is -1.81. The molecule has 0 aliphatic rings. The van der Waals surface area contributed by atoms with Gasteiger partial charge in [-0.2, -0.15) is 5.26 Å². The molecule has 3 nitrogen and oxygen atoms in total. The topological polar surface area (TPSA) is 46.2 Å². The summed E-state index contributed by atoms with van der Waals surface area (Å²) in [6.45, 7) is 0. The largest absolute Gasteiger partial charge is 0.497 e. The molecule has 0 amide bonds. The van der Waals surface area contributed by atoms with Gasteiger partial charge in [0, 0.05) is 11.6 Å². The zero-order chi connectivity index (χ0) is 16.1. The molecular formula is C20H15NO2. The Kier molecular flexibility index (Phi) is 4.26. The smallest absolute Gasteiger partial charge is 0.145 e. The van der Waals surface area contributed by atoms with Gasteiger partial charge in [0.05, 0.1) is 12.7 Å². The van der Waals surface area contributed by atoms with Gasteiger partial charge in [-0.15, -0.1) is 0 Å². The third-order valence-electron chi connectivity index (χ3n) is 3.48. The van der Waals surface area contributed by atoms with Gasteiger partial charge in [0.1, 0.15) is 23.3 Å². The number of methoxy groups -OCH3 is 1. The van der Waals surface area contributed by atoms with Crippen LogP contribution in [-0.2, 0) is 0 Å². The highest BCUT2D eigenvalue weighted by Crippen LogP contribution is 2.28. The van der Waals surface area contributed by atoms with Crippen molar-refractivity contribution in [2.24, 2.45) is 0 Å². The zero-order valence-electron chi connectivity index (χ0n) is 12.7. The minimum absolute atomic E-state index is 0.517. The number of rotatable bonds is 4. The average Bonchev–Trinajstić information content (AvgIpc) is 3.04. The SMILES string of the molecule is COc1ccc(-c2cc(C#N)c(/C=C/c3ccccc3)o2)cc1. The van der Waals surface area contributed by atoms with Crippen molar-refractivity contribution < 1.29 is 9.15 Å². The summed E-state index contributed by atoms with van der Waals surface area (Å²) in [5.74, 6) is 2.00. The van der Waals surface area contributed by atoms with E-state index in [0.29, 0.717) is 17.1 Å². The second kappa shape index (κ2) is 6.67. The van der Waals surface area contributed by atoms with E-state index >= 15 is 0 Å². The number of hydrogen-bond acceptors (Lipinski definition) is 3. The summed E-state index contributed by atoms with van der Waals surface area (Å²) >= 11 is 0. The van der Waals surface area contributed by atoms with E-state index in [-0.39, 0.29) is 0 Å². The number of benzene rings is 2.